The number of aromatic amines is 1. The van der Waals surface area contributed by atoms with Gasteiger partial charge >= 0.3 is 5.69 Å². The lowest BCUT2D eigenvalue weighted by Crippen LogP contribution is -2.44. The number of nitrogens with zero attached hydrogens (tertiary/aromatic N) is 2. The standard InChI is InChI=1S/C17H19Cl2N3O2/c1-16(10-17(16,18)19)14(23)21-8-6-11(7-9-21)22-13-5-3-2-4-12(13)20-15(22)24/h2-5,11H,6-10H2,1H3,(H,20,24)/t16-/m1/s1. The van der Waals surface area contributed by atoms with Crippen molar-refractivity contribution in [3.05, 3.63) is 34.7 Å². The second-order valence-electron chi connectivity index (χ2n) is 7.05. The molecule has 2 aliphatic rings. The van der Waals surface area contributed by atoms with Gasteiger partial charge in [0, 0.05) is 19.1 Å². The first-order valence-electron chi connectivity index (χ1n) is 8.20. The Morgan fingerprint density at radius 2 is 1.88 bits per heavy atom. The normalized spacial score (nSPS) is 26.7. The number of hydrogen-bond acceptors (Lipinski definition) is 2. The molecule has 7 heteroatoms. The average molecular weight is 368 g/mol. The van der Waals surface area contributed by atoms with Crippen LogP contribution in [0.4, 0.5) is 0 Å². The highest BCUT2D eigenvalue weighted by Crippen LogP contribution is 2.64. The molecule has 2 heterocycles. The lowest BCUT2D eigenvalue weighted by molar-refractivity contribution is -0.137. The predicted octanol–water partition coefficient (Wildman–Crippen LogP) is 3.08. The van der Waals surface area contributed by atoms with E-state index in [0.29, 0.717) is 19.5 Å². The van der Waals surface area contributed by atoms with Gasteiger partial charge in [-0.1, -0.05) is 12.1 Å². The molecular formula is C17H19Cl2N3O2. The molecule has 1 saturated carbocycles. The number of piperidine rings is 1. The lowest BCUT2D eigenvalue weighted by Gasteiger charge is -2.34. The molecule has 1 aliphatic carbocycles. The van der Waals surface area contributed by atoms with Crippen LogP contribution in [0.5, 0.6) is 0 Å². The van der Waals surface area contributed by atoms with Gasteiger partial charge in [-0.25, -0.2) is 4.79 Å². The molecule has 1 aromatic heterocycles. The third-order valence-corrected chi connectivity index (χ3v) is 6.57. The fourth-order valence-corrected chi connectivity index (χ4v) is 4.44. The number of halogens is 2. The smallest absolute Gasteiger partial charge is 0.326 e. The summed E-state index contributed by atoms with van der Waals surface area (Å²) >= 11 is 12.3. The van der Waals surface area contributed by atoms with E-state index in [-0.39, 0.29) is 17.6 Å². The number of benzene rings is 1. The molecule has 1 saturated heterocycles. The van der Waals surface area contributed by atoms with Gasteiger partial charge in [0.05, 0.1) is 16.4 Å². The Bertz CT molecular complexity index is 864. The summed E-state index contributed by atoms with van der Waals surface area (Å²) in [6.45, 7) is 3.06. The van der Waals surface area contributed by atoms with E-state index >= 15 is 0 Å². The van der Waals surface area contributed by atoms with Crippen LogP contribution < -0.4 is 5.69 Å². The van der Waals surface area contributed by atoms with E-state index in [1.807, 2.05) is 40.7 Å². The van der Waals surface area contributed by atoms with Crippen LogP contribution >= 0.6 is 23.2 Å². The zero-order valence-corrected chi connectivity index (χ0v) is 14.9. The Morgan fingerprint density at radius 3 is 2.50 bits per heavy atom. The van der Waals surface area contributed by atoms with Crippen LogP contribution in [-0.4, -0.2) is 37.8 Å². The summed E-state index contributed by atoms with van der Waals surface area (Å²) in [5.41, 5.74) is 1.01. The number of fused-ring (bicyclic) bond motifs is 1. The Labute approximate surface area is 149 Å². The van der Waals surface area contributed by atoms with Gasteiger partial charge < -0.3 is 9.88 Å². The lowest BCUT2D eigenvalue weighted by atomic mass is 10.0. The fraction of sp³-hybridized carbons (Fsp3) is 0.529. The first-order chi connectivity index (χ1) is 11.3. The third-order valence-electron chi connectivity index (χ3n) is 5.47. The summed E-state index contributed by atoms with van der Waals surface area (Å²) in [6.07, 6.45) is 2.01. The van der Waals surface area contributed by atoms with Gasteiger partial charge in [-0.15, -0.1) is 23.2 Å². The molecule has 4 rings (SSSR count). The van der Waals surface area contributed by atoms with Gasteiger partial charge in [0.2, 0.25) is 5.91 Å². The minimum absolute atomic E-state index is 0.0252. The van der Waals surface area contributed by atoms with Crippen molar-refractivity contribution in [3.8, 4) is 0 Å². The highest BCUT2D eigenvalue weighted by atomic mass is 35.5. The van der Waals surface area contributed by atoms with Crippen LogP contribution in [0.3, 0.4) is 0 Å². The topological polar surface area (TPSA) is 58.1 Å². The quantitative estimate of drug-likeness (QED) is 0.829. The summed E-state index contributed by atoms with van der Waals surface area (Å²) in [4.78, 5) is 29.7. The molecule has 2 fully saturated rings. The maximum Gasteiger partial charge on any atom is 0.326 e. The van der Waals surface area contributed by atoms with E-state index in [1.165, 1.54) is 0 Å². The highest BCUT2D eigenvalue weighted by Gasteiger charge is 2.68. The number of imidazole rings is 1. The Kier molecular flexibility index (Phi) is 3.52. The molecule has 1 atom stereocenters. The molecule has 1 amide bonds. The van der Waals surface area contributed by atoms with Crippen molar-refractivity contribution in [2.75, 3.05) is 13.1 Å². The van der Waals surface area contributed by atoms with E-state index in [9.17, 15) is 9.59 Å². The van der Waals surface area contributed by atoms with Gasteiger partial charge in [-0.05, 0) is 38.3 Å². The molecule has 0 radical (unpaired) electrons. The van der Waals surface area contributed by atoms with E-state index in [0.717, 1.165) is 23.9 Å². The summed E-state index contributed by atoms with van der Waals surface area (Å²) in [7, 11) is 0. The Morgan fingerprint density at radius 1 is 1.25 bits per heavy atom. The zero-order chi connectivity index (χ0) is 17.1. The Balaban J connectivity index is 1.51. The number of carbonyl (C=O) groups is 1. The van der Waals surface area contributed by atoms with Crippen molar-refractivity contribution in [1.29, 1.82) is 0 Å². The van der Waals surface area contributed by atoms with Crippen LogP contribution in [0, 0.1) is 5.41 Å². The van der Waals surface area contributed by atoms with Crippen molar-refractivity contribution in [2.24, 2.45) is 5.41 Å². The van der Waals surface area contributed by atoms with E-state index < -0.39 is 9.75 Å². The minimum Gasteiger partial charge on any atom is -0.342 e. The Hall–Kier alpha value is -1.46. The van der Waals surface area contributed by atoms with Crippen LogP contribution in [0.2, 0.25) is 0 Å². The van der Waals surface area contributed by atoms with E-state index in [2.05, 4.69) is 4.98 Å². The number of hydrogen-bond donors (Lipinski definition) is 1. The molecule has 0 unspecified atom stereocenters. The summed E-state index contributed by atoms with van der Waals surface area (Å²) < 4.78 is 0.887. The molecule has 128 valence electrons. The summed E-state index contributed by atoms with van der Waals surface area (Å²) in [6, 6.07) is 7.79. The predicted molar refractivity (Wildman–Crippen MR) is 94.6 cm³/mol. The first kappa shape index (κ1) is 16.0. The van der Waals surface area contributed by atoms with Crippen molar-refractivity contribution >= 4 is 40.1 Å². The van der Waals surface area contributed by atoms with Gasteiger partial charge in [0.15, 0.2) is 0 Å². The van der Waals surface area contributed by atoms with Crippen molar-refractivity contribution in [3.63, 3.8) is 0 Å². The molecule has 2 aromatic rings. The molecular weight excluding hydrogens is 349 g/mol. The minimum atomic E-state index is -0.936. The summed E-state index contributed by atoms with van der Waals surface area (Å²) in [5, 5.41) is 0. The van der Waals surface area contributed by atoms with Gasteiger partial charge in [0.25, 0.3) is 0 Å². The van der Waals surface area contributed by atoms with E-state index in [4.69, 9.17) is 23.2 Å². The van der Waals surface area contributed by atoms with Crippen molar-refractivity contribution in [1.82, 2.24) is 14.5 Å². The first-order valence-corrected chi connectivity index (χ1v) is 8.95. The van der Waals surface area contributed by atoms with Crippen molar-refractivity contribution in [2.45, 2.75) is 36.6 Å². The zero-order valence-electron chi connectivity index (χ0n) is 13.4. The molecule has 1 aliphatic heterocycles. The number of carbonyl (C=O) groups excluding carboxylic acids is 1. The van der Waals surface area contributed by atoms with Gasteiger partial charge in [-0.2, -0.15) is 0 Å². The number of nitrogens with one attached hydrogen (secondary N) is 1. The third kappa shape index (κ3) is 2.29. The summed E-state index contributed by atoms with van der Waals surface area (Å²) in [5.74, 6) is 0.0252. The number of aromatic nitrogens is 2. The molecule has 0 spiro atoms. The van der Waals surface area contributed by atoms with Crippen LogP contribution in [0.15, 0.2) is 29.1 Å². The molecule has 24 heavy (non-hydrogen) atoms. The number of rotatable bonds is 2. The second kappa shape index (κ2) is 5.27. The monoisotopic (exact) mass is 367 g/mol. The number of H-pyrrole nitrogens is 1. The SMILES string of the molecule is C[C@]1(C(=O)N2CCC(n3c(=O)[nH]c4ccccc43)CC2)CC1(Cl)Cl. The molecule has 1 aromatic carbocycles. The fourth-order valence-electron chi connectivity index (χ4n) is 3.74. The van der Waals surface area contributed by atoms with Crippen LogP contribution in [-0.2, 0) is 4.79 Å². The number of alkyl halides is 2. The van der Waals surface area contributed by atoms with Gasteiger partial charge in [0.1, 0.15) is 4.33 Å². The second-order valence-corrected chi connectivity index (χ2v) is 8.54. The van der Waals surface area contributed by atoms with Crippen molar-refractivity contribution < 1.29 is 4.79 Å². The van der Waals surface area contributed by atoms with E-state index in [1.54, 1.807) is 0 Å². The van der Waals surface area contributed by atoms with Gasteiger partial charge in [-0.3, -0.25) is 9.36 Å². The van der Waals surface area contributed by atoms with Crippen LogP contribution in [0.25, 0.3) is 11.0 Å². The molecule has 5 nitrogen and oxygen atoms in total. The number of amides is 1. The molecule has 0 bridgehead atoms. The largest absolute Gasteiger partial charge is 0.342 e. The maximum atomic E-state index is 12.7. The number of likely N-dealkylation sites (tertiary alicyclic amines) is 1. The van der Waals surface area contributed by atoms with Crippen LogP contribution in [0.1, 0.15) is 32.2 Å². The number of para-hydroxylation sites is 2. The average Bonchev–Trinajstić information content (AvgIpc) is 2.91. The highest BCUT2D eigenvalue weighted by molar-refractivity contribution is 6.53. The molecule has 1 N–H and O–H groups in total. The maximum absolute atomic E-state index is 12.7.